The van der Waals surface area contributed by atoms with E-state index in [1.807, 2.05) is 6.92 Å². The molecule has 0 aliphatic heterocycles. The van der Waals surface area contributed by atoms with Gasteiger partial charge in [-0.1, -0.05) is 20.8 Å². The SMILES string of the molecule is C[C@H]1C(N=C(N)S(C)(=O)=O)C1(C)C. The van der Waals surface area contributed by atoms with Crippen molar-refractivity contribution in [3.63, 3.8) is 0 Å². The van der Waals surface area contributed by atoms with Crippen molar-refractivity contribution in [2.75, 3.05) is 6.26 Å². The summed E-state index contributed by atoms with van der Waals surface area (Å²) in [5, 5.41) is -0.241. The number of amidine groups is 1. The lowest BCUT2D eigenvalue weighted by Crippen LogP contribution is -2.23. The van der Waals surface area contributed by atoms with E-state index in [-0.39, 0.29) is 16.6 Å². The largest absolute Gasteiger partial charge is 0.374 e. The van der Waals surface area contributed by atoms with E-state index in [9.17, 15) is 8.42 Å². The summed E-state index contributed by atoms with van der Waals surface area (Å²) in [6, 6.07) is 0.0576. The van der Waals surface area contributed by atoms with Gasteiger partial charge in [0, 0.05) is 6.26 Å². The summed E-state index contributed by atoms with van der Waals surface area (Å²) in [5.41, 5.74) is 5.43. The van der Waals surface area contributed by atoms with Crippen molar-refractivity contribution in [3.8, 4) is 0 Å². The second-order valence-corrected chi connectivity index (χ2v) is 6.26. The van der Waals surface area contributed by atoms with Crippen molar-refractivity contribution in [2.45, 2.75) is 26.8 Å². The molecule has 1 unspecified atom stereocenters. The molecule has 13 heavy (non-hydrogen) atoms. The average Bonchev–Trinajstić information content (AvgIpc) is 2.36. The van der Waals surface area contributed by atoms with Crippen molar-refractivity contribution in [3.05, 3.63) is 0 Å². The monoisotopic (exact) mass is 204 g/mol. The molecule has 0 radical (unpaired) electrons. The molecule has 2 atom stereocenters. The van der Waals surface area contributed by atoms with Crippen LogP contribution in [0.15, 0.2) is 4.99 Å². The number of nitrogens with two attached hydrogens (primary N) is 1. The van der Waals surface area contributed by atoms with Crippen LogP contribution in [0.4, 0.5) is 0 Å². The fourth-order valence-electron chi connectivity index (χ4n) is 1.37. The molecule has 1 rings (SSSR count). The molecule has 1 aliphatic carbocycles. The summed E-state index contributed by atoms with van der Waals surface area (Å²) < 4.78 is 21.9. The van der Waals surface area contributed by atoms with E-state index < -0.39 is 9.84 Å². The Balaban J connectivity index is 2.82. The smallest absolute Gasteiger partial charge is 0.213 e. The molecule has 4 nitrogen and oxygen atoms in total. The minimum absolute atomic E-state index is 0.0576. The number of nitrogens with zero attached hydrogens (tertiary/aromatic N) is 1. The molecular weight excluding hydrogens is 188 g/mol. The fourth-order valence-corrected chi connectivity index (χ4v) is 1.68. The lowest BCUT2D eigenvalue weighted by molar-refractivity contribution is 0.574. The lowest BCUT2D eigenvalue weighted by Gasteiger charge is -1.99. The van der Waals surface area contributed by atoms with Gasteiger partial charge in [-0.3, -0.25) is 4.99 Å². The predicted octanol–water partition coefficient (Wildman–Crippen LogP) is 0.390. The van der Waals surface area contributed by atoms with Gasteiger partial charge in [0.15, 0.2) is 0 Å². The first-order valence-corrected chi connectivity index (χ1v) is 6.10. The van der Waals surface area contributed by atoms with E-state index in [0.29, 0.717) is 5.92 Å². The average molecular weight is 204 g/mol. The summed E-state index contributed by atoms with van der Waals surface area (Å²) in [6.07, 6.45) is 1.08. The molecule has 1 saturated carbocycles. The van der Waals surface area contributed by atoms with Gasteiger partial charge in [-0.25, -0.2) is 8.42 Å². The van der Waals surface area contributed by atoms with Crippen LogP contribution in [0.1, 0.15) is 20.8 Å². The normalized spacial score (nSPS) is 33.1. The zero-order chi connectivity index (χ0) is 10.4. The maximum Gasteiger partial charge on any atom is 0.213 e. The first kappa shape index (κ1) is 10.5. The van der Waals surface area contributed by atoms with Gasteiger partial charge < -0.3 is 5.73 Å². The van der Waals surface area contributed by atoms with Gasteiger partial charge in [-0.05, 0) is 11.3 Å². The minimum Gasteiger partial charge on any atom is -0.374 e. The first-order chi connectivity index (χ1) is 5.67. The highest BCUT2D eigenvalue weighted by Crippen LogP contribution is 2.53. The Bertz CT molecular complexity index is 343. The van der Waals surface area contributed by atoms with Gasteiger partial charge >= 0.3 is 0 Å². The summed E-state index contributed by atoms with van der Waals surface area (Å²) in [5.74, 6) is 0.410. The standard InChI is InChI=1S/C8H16N2O2S/c1-5-6(8(5,2)3)10-7(9)13(4,11)12/h5-6H,1-4H3,(H2,9,10)/t5-,6?/m0/s1. The predicted molar refractivity (Wildman–Crippen MR) is 53.2 cm³/mol. The highest BCUT2D eigenvalue weighted by molar-refractivity contribution is 8.05. The maximum atomic E-state index is 11.0. The second-order valence-electron chi connectivity index (χ2n) is 4.29. The first-order valence-electron chi connectivity index (χ1n) is 4.20. The molecule has 1 aliphatic rings. The van der Waals surface area contributed by atoms with E-state index in [2.05, 4.69) is 18.8 Å². The van der Waals surface area contributed by atoms with Crippen molar-refractivity contribution < 1.29 is 8.42 Å². The summed E-state index contributed by atoms with van der Waals surface area (Å²) in [7, 11) is -3.30. The molecule has 0 bridgehead atoms. The fraction of sp³-hybridized carbons (Fsp3) is 0.875. The third kappa shape index (κ3) is 1.85. The van der Waals surface area contributed by atoms with Crippen LogP contribution < -0.4 is 5.73 Å². The molecule has 0 aromatic heterocycles. The molecule has 76 valence electrons. The number of sulfone groups is 1. The molecule has 2 N–H and O–H groups in total. The van der Waals surface area contributed by atoms with E-state index in [4.69, 9.17) is 5.73 Å². The highest BCUT2D eigenvalue weighted by atomic mass is 32.2. The number of hydrogen-bond acceptors (Lipinski definition) is 3. The third-order valence-electron chi connectivity index (χ3n) is 2.95. The Labute approximate surface area is 79.1 Å². The molecule has 0 heterocycles. The summed E-state index contributed by atoms with van der Waals surface area (Å²) in [6.45, 7) is 6.16. The van der Waals surface area contributed by atoms with Crippen molar-refractivity contribution >= 4 is 15.0 Å². The van der Waals surface area contributed by atoms with Crippen LogP contribution in [-0.2, 0) is 9.84 Å². The zero-order valence-electron chi connectivity index (χ0n) is 8.40. The molecule has 0 aromatic carbocycles. The zero-order valence-corrected chi connectivity index (χ0v) is 9.22. The Morgan fingerprint density at radius 2 is 1.85 bits per heavy atom. The van der Waals surface area contributed by atoms with Crippen molar-refractivity contribution in [2.24, 2.45) is 22.1 Å². The second kappa shape index (κ2) is 2.70. The van der Waals surface area contributed by atoms with Gasteiger partial charge in [0.25, 0.3) is 0 Å². The summed E-state index contributed by atoms with van der Waals surface area (Å²) in [4.78, 5) is 4.00. The molecule has 0 amide bonds. The summed E-state index contributed by atoms with van der Waals surface area (Å²) >= 11 is 0. The van der Waals surface area contributed by atoms with Crippen LogP contribution in [0.3, 0.4) is 0 Å². The molecule has 0 saturated heterocycles. The van der Waals surface area contributed by atoms with Gasteiger partial charge in [0.2, 0.25) is 15.0 Å². The van der Waals surface area contributed by atoms with Crippen LogP contribution in [0.2, 0.25) is 0 Å². The van der Waals surface area contributed by atoms with Gasteiger partial charge in [-0.2, -0.15) is 0 Å². The van der Waals surface area contributed by atoms with E-state index in [1.54, 1.807) is 0 Å². The van der Waals surface area contributed by atoms with Crippen LogP contribution in [-0.4, -0.2) is 25.9 Å². The molecular formula is C8H16N2O2S. The number of hydrogen-bond donors (Lipinski definition) is 1. The molecule has 1 fully saturated rings. The minimum atomic E-state index is -3.30. The van der Waals surface area contributed by atoms with E-state index >= 15 is 0 Å². The Hall–Kier alpha value is -0.580. The van der Waals surface area contributed by atoms with E-state index in [0.717, 1.165) is 6.26 Å². The van der Waals surface area contributed by atoms with Crippen LogP contribution in [0, 0.1) is 11.3 Å². The number of aliphatic imine (C=N–C) groups is 1. The Morgan fingerprint density at radius 1 is 1.46 bits per heavy atom. The van der Waals surface area contributed by atoms with Crippen LogP contribution >= 0.6 is 0 Å². The lowest BCUT2D eigenvalue weighted by atomic mass is 10.1. The quantitative estimate of drug-likeness (QED) is 0.496. The molecule has 0 spiro atoms. The van der Waals surface area contributed by atoms with E-state index in [1.165, 1.54) is 0 Å². The van der Waals surface area contributed by atoms with Crippen molar-refractivity contribution in [1.82, 2.24) is 0 Å². The Kier molecular flexibility index (Phi) is 2.18. The topological polar surface area (TPSA) is 72.5 Å². The van der Waals surface area contributed by atoms with Gasteiger partial charge in [0.1, 0.15) is 0 Å². The molecule has 5 heteroatoms. The van der Waals surface area contributed by atoms with Gasteiger partial charge in [-0.15, -0.1) is 0 Å². The highest BCUT2D eigenvalue weighted by Gasteiger charge is 2.55. The maximum absolute atomic E-state index is 11.0. The third-order valence-corrected chi connectivity index (χ3v) is 3.81. The van der Waals surface area contributed by atoms with Gasteiger partial charge in [0.05, 0.1) is 6.04 Å². The van der Waals surface area contributed by atoms with Crippen LogP contribution in [0.25, 0.3) is 0 Å². The van der Waals surface area contributed by atoms with Crippen LogP contribution in [0.5, 0.6) is 0 Å². The van der Waals surface area contributed by atoms with Crippen molar-refractivity contribution in [1.29, 1.82) is 0 Å². The molecule has 0 aromatic rings. The Morgan fingerprint density at radius 3 is 2.08 bits per heavy atom. The number of rotatable bonds is 1.